The average Bonchev–Trinajstić information content (AvgIpc) is 3.39. The number of hydrogen-bond acceptors (Lipinski definition) is 10. The number of likely N-dealkylation sites (tertiary alicyclic amines) is 2. The molecule has 13 heteroatoms. The molecule has 0 radical (unpaired) electrons. The zero-order chi connectivity index (χ0) is 34.7. The number of para-hydroxylation sites is 1. The van der Waals surface area contributed by atoms with Crippen LogP contribution < -0.4 is 15.4 Å². The second-order valence-electron chi connectivity index (χ2n) is 13.6. The second kappa shape index (κ2) is 15.1. The first kappa shape index (κ1) is 35.3. The van der Waals surface area contributed by atoms with Gasteiger partial charge in [-0.15, -0.1) is 0 Å². The molecule has 11 nitrogen and oxygen atoms in total. The molecule has 2 aliphatic heterocycles. The molecule has 2 fully saturated rings. The number of halogens is 1. The Bertz CT molecular complexity index is 1870. The van der Waals surface area contributed by atoms with E-state index in [1.807, 2.05) is 36.7 Å². The lowest BCUT2D eigenvalue weighted by Crippen LogP contribution is -2.47. The minimum atomic E-state index is -3.57. The lowest BCUT2D eigenvalue weighted by Gasteiger charge is -2.40. The number of piperidine rings is 2. The summed E-state index contributed by atoms with van der Waals surface area (Å²) in [7, 11) is -3.57. The van der Waals surface area contributed by atoms with E-state index < -0.39 is 15.1 Å². The maximum absolute atomic E-state index is 13.0. The zero-order valence-electron chi connectivity index (χ0n) is 28.8. The van der Waals surface area contributed by atoms with E-state index in [9.17, 15) is 13.5 Å². The van der Waals surface area contributed by atoms with Crippen LogP contribution in [0.3, 0.4) is 0 Å². The summed E-state index contributed by atoms with van der Waals surface area (Å²) in [5, 5.41) is 18.8. The molecule has 2 aromatic heterocycles. The van der Waals surface area contributed by atoms with E-state index >= 15 is 0 Å². The predicted octanol–water partition coefficient (Wildman–Crippen LogP) is 7.20. The summed E-state index contributed by atoms with van der Waals surface area (Å²) in [6, 6.07) is 11.1. The fourth-order valence-electron chi connectivity index (χ4n) is 6.78. The number of fused-ring (bicyclic) bond motifs is 1. The normalized spacial score (nSPS) is 16.9. The molecule has 2 saturated heterocycles. The van der Waals surface area contributed by atoms with E-state index in [1.54, 1.807) is 38.1 Å². The molecule has 0 bridgehead atoms. The zero-order valence-corrected chi connectivity index (χ0v) is 30.4. The van der Waals surface area contributed by atoms with Crippen LogP contribution >= 0.6 is 11.6 Å². The first-order valence-electron chi connectivity index (χ1n) is 17.4. The largest absolute Gasteiger partial charge is 0.494 e. The van der Waals surface area contributed by atoms with Crippen LogP contribution in [0.15, 0.2) is 53.7 Å². The van der Waals surface area contributed by atoms with Crippen molar-refractivity contribution in [3.63, 3.8) is 0 Å². The number of aromatic nitrogens is 3. The van der Waals surface area contributed by atoms with Crippen molar-refractivity contribution in [1.82, 2.24) is 24.3 Å². The van der Waals surface area contributed by atoms with Crippen LogP contribution in [0.5, 0.6) is 11.6 Å². The summed E-state index contributed by atoms with van der Waals surface area (Å²) in [5.41, 5.74) is 0.940. The number of aromatic hydroxyl groups is 1. The van der Waals surface area contributed by atoms with Crippen molar-refractivity contribution >= 4 is 55.4 Å². The Balaban J connectivity index is 1.20. The average molecular weight is 710 g/mol. The Morgan fingerprint density at radius 2 is 1.71 bits per heavy atom. The molecule has 4 aromatic rings. The van der Waals surface area contributed by atoms with Crippen molar-refractivity contribution in [3.05, 3.63) is 53.8 Å². The Hall–Kier alpha value is -3.58. The summed E-state index contributed by atoms with van der Waals surface area (Å²) in [6.07, 6.45) is 9.75. The molecule has 6 rings (SSSR count). The maximum atomic E-state index is 13.0. The third-order valence-electron chi connectivity index (χ3n) is 9.50. The molecule has 2 aliphatic rings. The fourth-order valence-corrected chi connectivity index (χ4v) is 8.12. The Morgan fingerprint density at radius 3 is 2.43 bits per heavy atom. The summed E-state index contributed by atoms with van der Waals surface area (Å²) in [5.74, 6) is 1.24. The van der Waals surface area contributed by atoms with Gasteiger partial charge in [-0.05, 0) is 104 Å². The van der Waals surface area contributed by atoms with Gasteiger partial charge in [0.1, 0.15) is 10.8 Å². The highest BCUT2D eigenvalue weighted by molar-refractivity contribution is 7.92. The van der Waals surface area contributed by atoms with E-state index in [0.717, 1.165) is 25.0 Å². The van der Waals surface area contributed by atoms with Crippen LogP contribution in [0.2, 0.25) is 5.02 Å². The number of sulfone groups is 1. The standard InChI is InChI=1S/C36H48ClN7O4S/c1-24(2)48-32-20-26-23-44(19-18-42-16-12-27(13-17-42)43-14-8-5-9-15-43)35(45)28(26)21-31(32)40-36-38-22-29(37)34(41-36)39-30-10-6-7-11-33(30)49(46,47)25(3)4/h6-7,10-11,20-25,27,45H,5,8-9,12-19H2,1-4H3,(H2,38,39,40,41). The van der Waals surface area contributed by atoms with Gasteiger partial charge in [0.15, 0.2) is 21.5 Å². The highest BCUT2D eigenvalue weighted by Crippen LogP contribution is 2.38. The summed E-state index contributed by atoms with van der Waals surface area (Å²) in [4.78, 5) is 14.3. The van der Waals surface area contributed by atoms with Crippen molar-refractivity contribution < 1.29 is 18.3 Å². The molecule has 2 aromatic carbocycles. The third kappa shape index (κ3) is 8.09. The van der Waals surface area contributed by atoms with Crippen LogP contribution in [0.1, 0.15) is 59.8 Å². The smallest absolute Gasteiger partial charge is 0.229 e. The van der Waals surface area contributed by atoms with E-state index in [2.05, 4.69) is 30.4 Å². The van der Waals surface area contributed by atoms with Crippen LogP contribution in [0.4, 0.5) is 23.1 Å². The Kier molecular flexibility index (Phi) is 10.9. The molecule has 0 unspecified atom stereocenters. The topological polar surface area (TPSA) is 125 Å². The van der Waals surface area contributed by atoms with E-state index in [4.69, 9.17) is 16.3 Å². The molecular weight excluding hydrogens is 662 g/mol. The van der Waals surface area contributed by atoms with Gasteiger partial charge in [0.05, 0.1) is 33.8 Å². The molecule has 0 aliphatic carbocycles. The number of nitrogens with one attached hydrogen (secondary N) is 2. The van der Waals surface area contributed by atoms with Gasteiger partial charge in [-0.3, -0.25) is 0 Å². The van der Waals surface area contributed by atoms with E-state index in [0.29, 0.717) is 35.1 Å². The molecule has 0 saturated carbocycles. The van der Waals surface area contributed by atoms with E-state index in [1.165, 1.54) is 51.4 Å². The molecule has 0 amide bonds. The summed E-state index contributed by atoms with van der Waals surface area (Å²) in [6.45, 7) is 13.4. The number of nitrogens with zero attached hydrogens (tertiary/aromatic N) is 5. The van der Waals surface area contributed by atoms with Crippen LogP contribution in [0, 0.1) is 0 Å². The SMILES string of the molecule is CC(C)Oc1cc2cn(CCN3CCC(N4CCCCC4)CC3)c(O)c2cc1Nc1ncc(Cl)c(Nc2ccccc2S(=O)(=O)C(C)C)n1. The first-order chi connectivity index (χ1) is 23.5. The fraction of sp³-hybridized carbons (Fsp3) is 0.500. The third-order valence-corrected chi connectivity index (χ3v) is 12.0. The minimum absolute atomic E-state index is 0.107. The summed E-state index contributed by atoms with van der Waals surface area (Å²) < 4.78 is 34.2. The molecule has 49 heavy (non-hydrogen) atoms. The maximum Gasteiger partial charge on any atom is 0.229 e. The van der Waals surface area contributed by atoms with E-state index in [-0.39, 0.29) is 33.7 Å². The Morgan fingerprint density at radius 1 is 0.980 bits per heavy atom. The van der Waals surface area contributed by atoms with Gasteiger partial charge in [-0.2, -0.15) is 4.98 Å². The first-order valence-corrected chi connectivity index (χ1v) is 19.3. The molecule has 264 valence electrons. The molecule has 0 spiro atoms. The molecular formula is C36H48ClN7O4S. The lowest BCUT2D eigenvalue weighted by molar-refractivity contribution is 0.0908. The van der Waals surface area contributed by atoms with Crippen LogP contribution in [-0.4, -0.2) is 88.0 Å². The van der Waals surface area contributed by atoms with Gasteiger partial charge in [0, 0.05) is 36.1 Å². The molecule has 0 atom stereocenters. The van der Waals surface area contributed by atoms with Gasteiger partial charge < -0.3 is 34.8 Å². The number of ether oxygens (including phenoxy) is 1. The van der Waals surface area contributed by atoms with Gasteiger partial charge in [0.25, 0.3) is 0 Å². The summed E-state index contributed by atoms with van der Waals surface area (Å²) >= 11 is 6.48. The van der Waals surface area contributed by atoms with Crippen LogP contribution in [0.25, 0.3) is 10.8 Å². The van der Waals surface area contributed by atoms with Crippen molar-refractivity contribution in [1.29, 1.82) is 0 Å². The quantitative estimate of drug-likeness (QED) is 0.139. The van der Waals surface area contributed by atoms with Crippen molar-refractivity contribution in [3.8, 4) is 11.6 Å². The number of anilines is 4. The molecule has 4 heterocycles. The van der Waals surface area contributed by atoms with Gasteiger partial charge in [0.2, 0.25) is 5.95 Å². The van der Waals surface area contributed by atoms with Crippen LogP contribution in [-0.2, 0) is 16.4 Å². The number of benzene rings is 2. The highest BCUT2D eigenvalue weighted by Gasteiger charge is 2.26. The van der Waals surface area contributed by atoms with Crippen molar-refractivity contribution in [2.24, 2.45) is 0 Å². The molecule has 3 N–H and O–H groups in total. The van der Waals surface area contributed by atoms with Crippen molar-refractivity contribution in [2.45, 2.75) is 88.6 Å². The number of rotatable bonds is 12. The Labute approximate surface area is 294 Å². The van der Waals surface area contributed by atoms with Gasteiger partial charge in [-0.1, -0.05) is 30.2 Å². The predicted molar refractivity (Wildman–Crippen MR) is 197 cm³/mol. The van der Waals surface area contributed by atoms with Crippen molar-refractivity contribution in [2.75, 3.05) is 43.4 Å². The second-order valence-corrected chi connectivity index (χ2v) is 16.5. The highest BCUT2D eigenvalue weighted by atomic mass is 35.5. The number of hydrogen-bond donors (Lipinski definition) is 3. The lowest BCUT2D eigenvalue weighted by atomic mass is 10.00. The monoisotopic (exact) mass is 709 g/mol. The minimum Gasteiger partial charge on any atom is -0.494 e. The van der Waals surface area contributed by atoms with Gasteiger partial charge in [-0.25, -0.2) is 13.4 Å². The van der Waals surface area contributed by atoms with Gasteiger partial charge >= 0.3 is 0 Å².